The number of carbonyl (C=O) groups excluding carboxylic acids is 1. The fourth-order valence-corrected chi connectivity index (χ4v) is 4.79. The molecule has 3 fully saturated rings. The highest BCUT2D eigenvalue weighted by Crippen LogP contribution is 2.42. The number of ether oxygens (including phenoxy) is 1. The lowest BCUT2D eigenvalue weighted by molar-refractivity contribution is -0.00346. The minimum atomic E-state index is -0.419. The second kappa shape index (κ2) is 6.88. The van der Waals surface area contributed by atoms with Crippen LogP contribution in [0.4, 0.5) is 4.79 Å². The average molecular weight is 357 g/mol. The first-order valence-electron chi connectivity index (χ1n) is 10.2. The van der Waals surface area contributed by atoms with E-state index in [0.717, 1.165) is 32.2 Å². The second-order valence-electron chi connectivity index (χ2n) is 9.29. The van der Waals surface area contributed by atoms with E-state index in [2.05, 4.69) is 40.1 Å². The number of piperidine rings is 1. The zero-order valence-electron chi connectivity index (χ0n) is 16.4. The topological polar surface area (TPSA) is 32.8 Å². The lowest BCUT2D eigenvalue weighted by atomic mass is 9.95. The van der Waals surface area contributed by atoms with Gasteiger partial charge in [-0.05, 0) is 64.9 Å². The van der Waals surface area contributed by atoms with Crippen molar-refractivity contribution in [3.05, 3.63) is 35.9 Å². The number of hydrogen-bond donors (Lipinski definition) is 0. The molecule has 1 unspecified atom stereocenters. The van der Waals surface area contributed by atoms with Crippen molar-refractivity contribution >= 4 is 6.09 Å². The third-order valence-corrected chi connectivity index (χ3v) is 6.01. The zero-order chi connectivity index (χ0) is 18.3. The van der Waals surface area contributed by atoms with Crippen molar-refractivity contribution in [2.24, 2.45) is 0 Å². The first-order valence-corrected chi connectivity index (χ1v) is 10.2. The van der Waals surface area contributed by atoms with Gasteiger partial charge in [0, 0.05) is 30.7 Å². The minimum absolute atomic E-state index is 0.0964. The average Bonchev–Trinajstić information content (AvgIpc) is 3.36. The highest BCUT2D eigenvalue weighted by molar-refractivity contribution is 5.69. The van der Waals surface area contributed by atoms with E-state index >= 15 is 0 Å². The van der Waals surface area contributed by atoms with Gasteiger partial charge in [-0.2, -0.15) is 0 Å². The lowest BCUT2D eigenvalue weighted by Crippen LogP contribution is -2.53. The quantitative estimate of drug-likeness (QED) is 0.791. The van der Waals surface area contributed by atoms with Crippen LogP contribution in [0.3, 0.4) is 0 Å². The molecule has 3 atom stereocenters. The Balaban J connectivity index is 1.44. The van der Waals surface area contributed by atoms with Gasteiger partial charge in [-0.25, -0.2) is 4.79 Å². The SMILES string of the molecule is CC(C)(C)OC(=O)N(C1CC1)C1C[C@H]2CC[C@@H](C1)N2Cc1ccccc1. The number of rotatable bonds is 4. The monoisotopic (exact) mass is 356 g/mol. The van der Waals surface area contributed by atoms with Gasteiger partial charge in [-0.3, -0.25) is 4.90 Å². The maximum absolute atomic E-state index is 12.8. The van der Waals surface area contributed by atoms with Gasteiger partial charge in [-0.1, -0.05) is 30.3 Å². The van der Waals surface area contributed by atoms with Gasteiger partial charge in [0.25, 0.3) is 0 Å². The first-order chi connectivity index (χ1) is 12.4. The van der Waals surface area contributed by atoms with Crippen molar-refractivity contribution in [3.8, 4) is 0 Å². The number of benzene rings is 1. The van der Waals surface area contributed by atoms with E-state index in [1.807, 2.05) is 20.8 Å². The molecule has 1 amide bonds. The second-order valence-corrected chi connectivity index (χ2v) is 9.29. The molecule has 2 saturated heterocycles. The molecule has 0 radical (unpaired) electrons. The molecule has 2 heterocycles. The number of nitrogens with zero attached hydrogens (tertiary/aromatic N) is 2. The summed E-state index contributed by atoms with van der Waals surface area (Å²) in [5.74, 6) is 0. The lowest BCUT2D eigenvalue weighted by Gasteiger charge is -2.43. The summed E-state index contributed by atoms with van der Waals surface area (Å²) in [5.41, 5.74) is 0.978. The molecule has 0 N–H and O–H groups in total. The summed E-state index contributed by atoms with van der Waals surface area (Å²) in [6.07, 6.45) is 6.90. The van der Waals surface area contributed by atoms with Gasteiger partial charge < -0.3 is 9.64 Å². The molecule has 3 aliphatic rings. The van der Waals surface area contributed by atoms with Crippen LogP contribution in [-0.4, -0.2) is 45.7 Å². The van der Waals surface area contributed by atoms with Crippen molar-refractivity contribution in [1.29, 1.82) is 0 Å². The van der Waals surface area contributed by atoms with Gasteiger partial charge in [0.2, 0.25) is 0 Å². The Morgan fingerprint density at radius 1 is 1.04 bits per heavy atom. The van der Waals surface area contributed by atoms with E-state index in [1.165, 1.54) is 18.4 Å². The van der Waals surface area contributed by atoms with Crippen molar-refractivity contribution in [3.63, 3.8) is 0 Å². The van der Waals surface area contributed by atoms with Crippen LogP contribution in [0.25, 0.3) is 0 Å². The van der Waals surface area contributed by atoms with E-state index in [-0.39, 0.29) is 6.09 Å². The molecular weight excluding hydrogens is 324 g/mol. The molecule has 1 aromatic carbocycles. The van der Waals surface area contributed by atoms with Crippen LogP contribution >= 0.6 is 0 Å². The van der Waals surface area contributed by atoms with E-state index in [9.17, 15) is 4.79 Å². The molecule has 2 aliphatic heterocycles. The number of carbonyl (C=O) groups is 1. The summed E-state index contributed by atoms with van der Waals surface area (Å²) in [4.78, 5) is 17.6. The summed E-state index contributed by atoms with van der Waals surface area (Å²) in [7, 11) is 0. The van der Waals surface area contributed by atoms with E-state index in [0.29, 0.717) is 24.2 Å². The standard InChI is InChI=1S/C22H32N2O2/c1-22(2,3)26-21(25)24(17-9-10-17)20-13-18-11-12-19(14-20)23(18)15-16-7-5-4-6-8-16/h4-8,17-20H,9-15H2,1-3H3/t18-,19+,20?. The third kappa shape index (κ3) is 3.90. The predicted molar refractivity (Wildman–Crippen MR) is 103 cm³/mol. The van der Waals surface area contributed by atoms with Crippen molar-refractivity contribution < 1.29 is 9.53 Å². The van der Waals surface area contributed by atoms with Gasteiger partial charge >= 0.3 is 6.09 Å². The van der Waals surface area contributed by atoms with Gasteiger partial charge in [-0.15, -0.1) is 0 Å². The molecule has 1 aliphatic carbocycles. The Morgan fingerprint density at radius 2 is 1.65 bits per heavy atom. The Bertz CT molecular complexity index is 621. The van der Waals surface area contributed by atoms with Gasteiger partial charge in [0.15, 0.2) is 0 Å². The highest BCUT2D eigenvalue weighted by atomic mass is 16.6. The first kappa shape index (κ1) is 17.8. The van der Waals surface area contributed by atoms with Crippen molar-refractivity contribution in [2.75, 3.05) is 0 Å². The third-order valence-electron chi connectivity index (χ3n) is 6.01. The van der Waals surface area contributed by atoms with E-state index in [1.54, 1.807) is 0 Å². The number of amides is 1. The molecule has 0 aromatic heterocycles. The molecule has 26 heavy (non-hydrogen) atoms. The molecule has 4 nitrogen and oxygen atoms in total. The minimum Gasteiger partial charge on any atom is -0.444 e. The summed E-state index contributed by atoms with van der Waals surface area (Å²) in [6, 6.07) is 12.7. The summed E-state index contributed by atoms with van der Waals surface area (Å²) in [5, 5.41) is 0. The van der Waals surface area contributed by atoms with Crippen LogP contribution in [0.2, 0.25) is 0 Å². The molecule has 4 rings (SSSR count). The highest BCUT2D eigenvalue weighted by Gasteiger charge is 2.47. The smallest absolute Gasteiger partial charge is 0.410 e. The summed E-state index contributed by atoms with van der Waals surface area (Å²) < 4.78 is 5.74. The van der Waals surface area contributed by atoms with E-state index < -0.39 is 5.60 Å². The Kier molecular flexibility index (Phi) is 4.72. The van der Waals surface area contributed by atoms with Gasteiger partial charge in [0.05, 0.1) is 0 Å². The van der Waals surface area contributed by atoms with Crippen LogP contribution < -0.4 is 0 Å². The Hall–Kier alpha value is -1.55. The predicted octanol–water partition coefficient (Wildman–Crippen LogP) is 4.58. The van der Waals surface area contributed by atoms with E-state index in [4.69, 9.17) is 4.74 Å². The number of hydrogen-bond acceptors (Lipinski definition) is 3. The molecule has 2 bridgehead atoms. The van der Waals surface area contributed by atoms with Gasteiger partial charge in [0.1, 0.15) is 5.60 Å². The Morgan fingerprint density at radius 3 is 2.19 bits per heavy atom. The zero-order valence-corrected chi connectivity index (χ0v) is 16.4. The maximum atomic E-state index is 12.8. The molecule has 0 spiro atoms. The fourth-order valence-electron chi connectivity index (χ4n) is 4.79. The van der Waals surface area contributed by atoms with Crippen LogP contribution in [0, 0.1) is 0 Å². The summed E-state index contributed by atoms with van der Waals surface area (Å²) >= 11 is 0. The van der Waals surface area contributed by atoms with Crippen molar-refractivity contribution in [1.82, 2.24) is 9.80 Å². The Labute approximate surface area is 157 Å². The van der Waals surface area contributed by atoms with Crippen LogP contribution in [0.5, 0.6) is 0 Å². The van der Waals surface area contributed by atoms with Crippen LogP contribution in [0.15, 0.2) is 30.3 Å². The maximum Gasteiger partial charge on any atom is 0.410 e. The molecule has 142 valence electrons. The van der Waals surface area contributed by atoms with Crippen molar-refractivity contribution in [2.45, 2.75) is 95.6 Å². The van der Waals surface area contributed by atoms with Crippen LogP contribution in [0.1, 0.15) is 64.9 Å². The van der Waals surface area contributed by atoms with Crippen LogP contribution in [-0.2, 0) is 11.3 Å². The molecular formula is C22H32N2O2. The fraction of sp³-hybridized carbons (Fsp3) is 0.682. The number of fused-ring (bicyclic) bond motifs is 2. The largest absolute Gasteiger partial charge is 0.444 e. The molecule has 4 heteroatoms. The normalized spacial score (nSPS) is 28.8. The molecule has 1 aromatic rings. The summed E-state index contributed by atoms with van der Waals surface area (Å²) in [6.45, 7) is 6.92. The molecule has 1 saturated carbocycles.